The molecule has 0 aliphatic heterocycles. The van der Waals surface area contributed by atoms with Crippen LogP contribution in [-0.4, -0.2) is 24.9 Å². The number of carbonyl (C=O) groups is 2. The first kappa shape index (κ1) is 16.2. The highest BCUT2D eigenvalue weighted by Crippen LogP contribution is 2.23. The molecule has 110 valence electrons. The fourth-order valence-corrected chi connectivity index (χ4v) is 2.04. The van der Waals surface area contributed by atoms with Gasteiger partial charge in [0, 0.05) is 32.1 Å². The first-order chi connectivity index (χ1) is 9.47. The van der Waals surface area contributed by atoms with Gasteiger partial charge in [0.15, 0.2) is 0 Å². The van der Waals surface area contributed by atoms with Crippen LogP contribution < -0.4 is 10.2 Å². The number of benzene rings is 1. The molecule has 20 heavy (non-hydrogen) atoms. The molecule has 2 amide bonds. The van der Waals surface area contributed by atoms with E-state index in [1.165, 1.54) is 6.92 Å². The van der Waals surface area contributed by atoms with Crippen LogP contribution in [0.3, 0.4) is 0 Å². The van der Waals surface area contributed by atoms with Crippen molar-refractivity contribution in [1.29, 1.82) is 0 Å². The van der Waals surface area contributed by atoms with E-state index in [0.29, 0.717) is 19.5 Å². The molecule has 0 aliphatic carbocycles. The molecule has 0 bridgehead atoms. The molecule has 1 aromatic carbocycles. The Morgan fingerprint density at radius 1 is 1.25 bits per heavy atom. The second-order valence-electron chi connectivity index (χ2n) is 4.99. The zero-order chi connectivity index (χ0) is 15.1. The zero-order valence-electron chi connectivity index (χ0n) is 12.8. The molecule has 0 radical (unpaired) electrons. The van der Waals surface area contributed by atoms with Gasteiger partial charge in [-0.1, -0.05) is 19.1 Å². The van der Waals surface area contributed by atoms with Gasteiger partial charge in [-0.3, -0.25) is 9.59 Å². The molecular formula is C16H24N2O2. The van der Waals surface area contributed by atoms with Gasteiger partial charge in [-0.05, 0) is 37.5 Å². The topological polar surface area (TPSA) is 49.4 Å². The van der Waals surface area contributed by atoms with Crippen molar-refractivity contribution in [2.24, 2.45) is 0 Å². The van der Waals surface area contributed by atoms with Crippen molar-refractivity contribution in [3.63, 3.8) is 0 Å². The molecule has 0 aliphatic rings. The Hall–Kier alpha value is -1.84. The van der Waals surface area contributed by atoms with Gasteiger partial charge in [0.1, 0.15) is 0 Å². The maximum atomic E-state index is 11.8. The zero-order valence-corrected chi connectivity index (χ0v) is 12.8. The minimum Gasteiger partial charge on any atom is -0.356 e. The Balaban J connectivity index is 2.78. The molecule has 1 N–H and O–H groups in total. The molecule has 0 unspecified atom stereocenters. The highest BCUT2D eigenvalue weighted by Gasteiger charge is 2.15. The highest BCUT2D eigenvalue weighted by atomic mass is 16.2. The molecule has 0 saturated heterocycles. The van der Waals surface area contributed by atoms with Gasteiger partial charge in [-0.25, -0.2) is 0 Å². The van der Waals surface area contributed by atoms with E-state index in [1.807, 2.05) is 39.0 Å². The van der Waals surface area contributed by atoms with Crippen molar-refractivity contribution in [1.82, 2.24) is 5.32 Å². The number of nitrogens with zero attached hydrogens (tertiary/aromatic N) is 1. The van der Waals surface area contributed by atoms with E-state index >= 15 is 0 Å². The lowest BCUT2D eigenvalue weighted by Crippen LogP contribution is -2.34. The maximum Gasteiger partial charge on any atom is 0.223 e. The average Bonchev–Trinajstić information content (AvgIpc) is 2.40. The second-order valence-corrected chi connectivity index (χ2v) is 4.99. The van der Waals surface area contributed by atoms with E-state index in [0.717, 1.165) is 23.2 Å². The monoisotopic (exact) mass is 276 g/mol. The van der Waals surface area contributed by atoms with Gasteiger partial charge in [0.05, 0.1) is 0 Å². The molecular weight excluding hydrogens is 252 g/mol. The van der Waals surface area contributed by atoms with Crippen LogP contribution in [0.4, 0.5) is 5.69 Å². The van der Waals surface area contributed by atoms with Gasteiger partial charge in [0.2, 0.25) is 11.8 Å². The van der Waals surface area contributed by atoms with Gasteiger partial charge < -0.3 is 10.2 Å². The summed E-state index contributed by atoms with van der Waals surface area (Å²) in [5, 5.41) is 2.83. The summed E-state index contributed by atoms with van der Waals surface area (Å²) in [4.78, 5) is 25.2. The van der Waals surface area contributed by atoms with Gasteiger partial charge in [0.25, 0.3) is 0 Å². The SMILES string of the molecule is CCCNC(=O)CCN(C(C)=O)c1cccc(C)c1C. The van der Waals surface area contributed by atoms with Crippen LogP contribution in [0.15, 0.2) is 18.2 Å². The fraction of sp³-hybridized carbons (Fsp3) is 0.500. The van der Waals surface area contributed by atoms with Gasteiger partial charge in [-0.15, -0.1) is 0 Å². The number of carbonyl (C=O) groups excluding carboxylic acids is 2. The summed E-state index contributed by atoms with van der Waals surface area (Å²) in [7, 11) is 0. The molecule has 0 saturated carbocycles. The summed E-state index contributed by atoms with van der Waals surface area (Å²) in [5.74, 6) is -0.0506. The van der Waals surface area contributed by atoms with Crippen LogP contribution in [0, 0.1) is 13.8 Å². The normalized spacial score (nSPS) is 10.2. The molecule has 0 heterocycles. The first-order valence-electron chi connectivity index (χ1n) is 7.08. The molecule has 0 fully saturated rings. The van der Waals surface area contributed by atoms with E-state index in [4.69, 9.17) is 0 Å². The van der Waals surface area contributed by atoms with Gasteiger partial charge in [-0.2, -0.15) is 0 Å². The van der Waals surface area contributed by atoms with E-state index in [-0.39, 0.29) is 11.8 Å². The molecule has 0 aromatic heterocycles. The van der Waals surface area contributed by atoms with E-state index < -0.39 is 0 Å². The number of anilines is 1. The van der Waals surface area contributed by atoms with Crippen LogP contribution in [0.2, 0.25) is 0 Å². The Bertz CT molecular complexity index is 483. The lowest BCUT2D eigenvalue weighted by atomic mass is 10.1. The Labute approximate surface area is 121 Å². The summed E-state index contributed by atoms with van der Waals surface area (Å²) >= 11 is 0. The third-order valence-electron chi connectivity index (χ3n) is 3.38. The van der Waals surface area contributed by atoms with Crippen LogP contribution in [0.25, 0.3) is 0 Å². The molecule has 0 atom stereocenters. The smallest absolute Gasteiger partial charge is 0.223 e. The summed E-state index contributed by atoms with van der Waals surface area (Å²) in [6, 6.07) is 5.88. The number of nitrogens with one attached hydrogen (secondary N) is 1. The third-order valence-corrected chi connectivity index (χ3v) is 3.38. The number of aryl methyl sites for hydroxylation is 1. The predicted octanol–water partition coefficient (Wildman–Crippen LogP) is 2.57. The quantitative estimate of drug-likeness (QED) is 0.868. The molecule has 1 aromatic rings. The number of rotatable bonds is 6. The minimum absolute atomic E-state index is 0.0107. The van der Waals surface area contributed by atoms with Crippen molar-refractivity contribution < 1.29 is 9.59 Å². The van der Waals surface area contributed by atoms with Crippen LogP contribution in [0.1, 0.15) is 37.8 Å². The molecule has 0 spiro atoms. The molecule has 4 nitrogen and oxygen atoms in total. The minimum atomic E-state index is -0.0398. The maximum absolute atomic E-state index is 11.8. The van der Waals surface area contributed by atoms with E-state index in [1.54, 1.807) is 4.90 Å². The number of amides is 2. The number of hydrogen-bond donors (Lipinski definition) is 1. The lowest BCUT2D eigenvalue weighted by Gasteiger charge is -2.23. The lowest BCUT2D eigenvalue weighted by molar-refractivity contribution is -0.121. The molecule has 1 rings (SSSR count). The van der Waals surface area contributed by atoms with Crippen molar-refractivity contribution in [3.05, 3.63) is 29.3 Å². The highest BCUT2D eigenvalue weighted by molar-refractivity contribution is 5.93. The summed E-state index contributed by atoms with van der Waals surface area (Å²) < 4.78 is 0. The summed E-state index contributed by atoms with van der Waals surface area (Å²) in [6.07, 6.45) is 1.24. The fourth-order valence-electron chi connectivity index (χ4n) is 2.04. The van der Waals surface area contributed by atoms with E-state index in [9.17, 15) is 9.59 Å². The Morgan fingerprint density at radius 3 is 2.55 bits per heavy atom. The predicted molar refractivity (Wildman–Crippen MR) is 81.9 cm³/mol. The van der Waals surface area contributed by atoms with Crippen LogP contribution in [-0.2, 0) is 9.59 Å². The largest absolute Gasteiger partial charge is 0.356 e. The number of hydrogen-bond acceptors (Lipinski definition) is 2. The second kappa shape index (κ2) is 7.68. The summed E-state index contributed by atoms with van der Waals surface area (Å²) in [5.41, 5.74) is 3.11. The van der Waals surface area contributed by atoms with Crippen molar-refractivity contribution in [2.45, 2.75) is 40.5 Å². The third kappa shape index (κ3) is 4.37. The average molecular weight is 276 g/mol. The van der Waals surface area contributed by atoms with Crippen molar-refractivity contribution in [2.75, 3.05) is 18.0 Å². The van der Waals surface area contributed by atoms with Crippen molar-refractivity contribution in [3.8, 4) is 0 Å². The van der Waals surface area contributed by atoms with Crippen LogP contribution >= 0.6 is 0 Å². The van der Waals surface area contributed by atoms with E-state index in [2.05, 4.69) is 5.32 Å². The van der Waals surface area contributed by atoms with Gasteiger partial charge >= 0.3 is 0 Å². The standard InChI is InChI=1S/C16H24N2O2/c1-5-10-17-16(20)9-11-18(14(4)19)15-8-6-7-12(2)13(15)3/h6-8H,5,9-11H2,1-4H3,(H,17,20). The summed E-state index contributed by atoms with van der Waals surface area (Å²) in [6.45, 7) is 8.66. The van der Waals surface area contributed by atoms with Crippen LogP contribution in [0.5, 0.6) is 0 Å². The first-order valence-corrected chi connectivity index (χ1v) is 7.08. The Kier molecular flexibility index (Phi) is 6.22. The van der Waals surface area contributed by atoms with Crippen molar-refractivity contribution >= 4 is 17.5 Å². The Morgan fingerprint density at radius 2 is 1.95 bits per heavy atom. The molecule has 4 heteroatoms.